The van der Waals surface area contributed by atoms with Crippen LogP contribution in [0.5, 0.6) is 0 Å². The van der Waals surface area contributed by atoms with E-state index in [-0.39, 0.29) is 18.2 Å². The maximum absolute atomic E-state index is 11.8. The number of carbonyl (C=O) groups is 2. The molecular formula is C17H17BrN2O2. The highest BCUT2D eigenvalue weighted by atomic mass is 79.9. The fourth-order valence-corrected chi connectivity index (χ4v) is 2.37. The Bertz CT molecular complexity index is 686. The van der Waals surface area contributed by atoms with E-state index in [2.05, 4.69) is 26.6 Å². The van der Waals surface area contributed by atoms with E-state index in [0.29, 0.717) is 12.2 Å². The predicted molar refractivity (Wildman–Crippen MR) is 90.4 cm³/mol. The van der Waals surface area contributed by atoms with Gasteiger partial charge in [-0.05, 0) is 40.5 Å². The van der Waals surface area contributed by atoms with Crippen LogP contribution in [-0.2, 0) is 16.1 Å². The number of hydrogen-bond donors (Lipinski definition) is 2. The Morgan fingerprint density at radius 3 is 2.55 bits per heavy atom. The van der Waals surface area contributed by atoms with Crippen LogP contribution < -0.4 is 10.6 Å². The Hall–Kier alpha value is -2.14. The van der Waals surface area contributed by atoms with Gasteiger partial charge >= 0.3 is 0 Å². The van der Waals surface area contributed by atoms with E-state index in [1.54, 1.807) is 6.07 Å². The number of aryl methyl sites for hydroxylation is 1. The number of nitrogens with one attached hydrogen (secondary N) is 2. The summed E-state index contributed by atoms with van der Waals surface area (Å²) in [6, 6.07) is 15.1. The molecule has 0 aromatic heterocycles. The minimum absolute atomic E-state index is 0.201. The van der Waals surface area contributed by atoms with Crippen molar-refractivity contribution in [2.75, 3.05) is 5.32 Å². The maximum atomic E-state index is 11.8. The van der Waals surface area contributed by atoms with Crippen LogP contribution in [0.1, 0.15) is 17.5 Å². The van der Waals surface area contributed by atoms with Crippen molar-refractivity contribution >= 4 is 33.4 Å². The van der Waals surface area contributed by atoms with Crippen molar-refractivity contribution in [2.24, 2.45) is 0 Å². The smallest absolute Gasteiger partial charge is 0.233 e. The summed E-state index contributed by atoms with van der Waals surface area (Å²) in [5.41, 5.74) is 2.80. The highest BCUT2D eigenvalue weighted by Gasteiger charge is 2.10. The fourth-order valence-electron chi connectivity index (χ4n) is 1.99. The van der Waals surface area contributed by atoms with Crippen molar-refractivity contribution in [3.05, 3.63) is 64.1 Å². The molecule has 4 nitrogen and oxygen atoms in total. The zero-order valence-electron chi connectivity index (χ0n) is 12.2. The molecule has 0 fully saturated rings. The lowest BCUT2D eigenvalue weighted by atomic mass is 10.1. The lowest BCUT2D eigenvalue weighted by molar-refractivity contribution is -0.126. The molecule has 2 amide bonds. The number of rotatable bonds is 5. The SMILES string of the molecule is Cc1cccc(CNC(=O)CC(=O)Nc2ccccc2Br)c1. The third kappa shape index (κ3) is 5.00. The Morgan fingerprint density at radius 1 is 1.05 bits per heavy atom. The molecule has 0 bridgehead atoms. The number of benzene rings is 2. The number of para-hydroxylation sites is 1. The monoisotopic (exact) mass is 360 g/mol. The molecule has 0 spiro atoms. The van der Waals surface area contributed by atoms with Crippen molar-refractivity contribution in [3.8, 4) is 0 Å². The highest BCUT2D eigenvalue weighted by Crippen LogP contribution is 2.21. The second kappa shape index (κ2) is 7.75. The van der Waals surface area contributed by atoms with Gasteiger partial charge in [0.1, 0.15) is 6.42 Å². The highest BCUT2D eigenvalue weighted by molar-refractivity contribution is 9.10. The van der Waals surface area contributed by atoms with Gasteiger partial charge in [0.05, 0.1) is 5.69 Å². The quantitative estimate of drug-likeness (QED) is 0.802. The molecule has 0 unspecified atom stereocenters. The molecule has 0 aliphatic carbocycles. The van der Waals surface area contributed by atoms with Gasteiger partial charge in [-0.3, -0.25) is 9.59 Å². The van der Waals surface area contributed by atoms with Gasteiger partial charge in [-0.25, -0.2) is 0 Å². The first-order valence-corrected chi connectivity index (χ1v) is 7.70. The number of amides is 2. The lowest BCUT2D eigenvalue weighted by Gasteiger charge is -2.08. The Balaban J connectivity index is 1.82. The zero-order chi connectivity index (χ0) is 15.9. The van der Waals surface area contributed by atoms with Gasteiger partial charge < -0.3 is 10.6 Å². The molecule has 0 aliphatic heterocycles. The van der Waals surface area contributed by atoms with E-state index in [1.807, 2.05) is 49.4 Å². The summed E-state index contributed by atoms with van der Waals surface area (Å²) in [7, 11) is 0. The molecule has 5 heteroatoms. The van der Waals surface area contributed by atoms with Crippen molar-refractivity contribution < 1.29 is 9.59 Å². The summed E-state index contributed by atoms with van der Waals surface area (Å²) in [6.07, 6.45) is -0.201. The Kier molecular flexibility index (Phi) is 5.72. The molecule has 2 N–H and O–H groups in total. The maximum Gasteiger partial charge on any atom is 0.233 e. The fraction of sp³-hybridized carbons (Fsp3) is 0.176. The van der Waals surface area contributed by atoms with Gasteiger partial charge in [0.25, 0.3) is 0 Å². The third-order valence-electron chi connectivity index (χ3n) is 3.04. The molecule has 2 aromatic carbocycles. The van der Waals surface area contributed by atoms with Gasteiger partial charge in [-0.2, -0.15) is 0 Å². The van der Waals surface area contributed by atoms with Crippen molar-refractivity contribution in [2.45, 2.75) is 19.9 Å². The minimum atomic E-state index is -0.339. The predicted octanol–water partition coefficient (Wildman–Crippen LogP) is 3.40. The number of carbonyl (C=O) groups excluding carboxylic acids is 2. The summed E-state index contributed by atoms with van der Waals surface area (Å²) < 4.78 is 0.781. The largest absolute Gasteiger partial charge is 0.352 e. The molecule has 2 rings (SSSR count). The van der Waals surface area contributed by atoms with Crippen molar-refractivity contribution in [3.63, 3.8) is 0 Å². The van der Waals surface area contributed by atoms with E-state index >= 15 is 0 Å². The topological polar surface area (TPSA) is 58.2 Å². The van der Waals surface area contributed by atoms with Gasteiger partial charge in [-0.15, -0.1) is 0 Å². The Labute approximate surface area is 138 Å². The number of hydrogen-bond acceptors (Lipinski definition) is 2. The average Bonchev–Trinajstić information content (AvgIpc) is 2.47. The summed E-state index contributed by atoms with van der Waals surface area (Å²) in [5.74, 6) is -0.639. The van der Waals surface area contributed by atoms with E-state index in [4.69, 9.17) is 0 Å². The molecule has 0 saturated carbocycles. The Morgan fingerprint density at radius 2 is 1.82 bits per heavy atom. The van der Waals surface area contributed by atoms with E-state index in [1.165, 1.54) is 0 Å². The summed E-state index contributed by atoms with van der Waals surface area (Å²) in [6.45, 7) is 2.42. The first-order valence-electron chi connectivity index (χ1n) is 6.91. The molecule has 0 heterocycles. The van der Waals surface area contributed by atoms with Gasteiger partial charge in [0, 0.05) is 11.0 Å². The molecule has 0 radical (unpaired) electrons. The van der Waals surface area contributed by atoms with Crippen LogP contribution in [0.4, 0.5) is 5.69 Å². The van der Waals surface area contributed by atoms with Gasteiger partial charge in [-0.1, -0.05) is 42.0 Å². The molecule has 0 aliphatic rings. The van der Waals surface area contributed by atoms with E-state index < -0.39 is 0 Å². The molecule has 114 valence electrons. The van der Waals surface area contributed by atoms with Crippen LogP contribution in [0.2, 0.25) is 0 Å². The van der Waals surface area contributed by atoms with Crippen LogP contribution in [0.3, 0.4) is 0 Å². The minimum Gasteiger partial charge on any atom is -0.352 e. The van der Waals surface area contributed by atoms with Gasteiger partial charge in [0.15, 0.2) is 0 Å². The first-order chi connectivity index (χ1) is 10.5. The summed E-state index contributed by atoms with van der Waals surface area (Å²) in [5, 5.41) is 5.45. The van der Waals surface area contributed by atoms with Crippen LogP contribution in [0.15, 0.2) is 53.0 Å². The summed E-state index contributed by atoms with van der Waals surface area (Å²) >= 11 is 3.34. The average molecular weight is 361 g/mol. The summed E-state index contributed by atoms with van der Waals surface area (Å²) in [4.78, 5) is 23.7. The van der Waals surface area contributed by atoms with Crippen molar-refractivity contribution in [1.29, 1.82) is 0 Å². The van der Waals surface area contributed by atoms with Crippen molar-refractivity contribution in [1.82, 2.24) is 5.32 Å². The standard InChI is InChI=1S/C17H17BrN2O2/c1-12-5-4-6-13(9-12)11-19-16(21)10-17(22)20-15-8-3-2-7-14(15)18/h2-9H,10-11H2,1H3,(H,19,21)(H,20,22). The zero-order valence-corrected chi connectivity index (χ0v) is 13.8. The molecule has 2 aromatic rings. The van der Waals surface area contributed by atoms with Crippen LogP contribution >= 0.6 is 15.9 Å². The van der Waals surface area contributed by atoms with Crippen LogP contribution in [0, 0.1) is 6.92 Å². The first kappa shape index (κ1) is 16.2. The third-order valence-corrected chi connectivity index (χ3v) is 3.73. The number of anilines is 1. The van der Waals surface area contributed by atoms with E-state index in [9.17, 15) is 9.59 Å². The molecule has 0 atom stereocenters. The van der Waals surface area contributed by atoms with Crippen LogP contribution in [-0.4, -0.2) is 11.8 Å². The van der Waals surface area contributed by atoms with Gasteiger partial charge in [0.2, 0.25) is 11.8 Å². The van der Waals surface area contributed by atoms with Crippen LogP contribution in [0.25, 0.3) is 0 Å². The molecular weight excluding hydrogens is 344 g/mol. The molecule has 22 heavy (non-hydrogen) atoms. The second-order valence-electron chi connectivity index (χ2n) is 4.97. The lowest BCUT2D eigenvalue weighted by Crippen LogP contribution is -2.27. The normalized spacial score (nSPS) is 10.1. The van der Waals surface area contributed by atoms with E-state index in [0.717, 1.165) is 15.6 Å². The molecule has 0 saturated heterocycles. The number of halogens is 1. The second-order valence-corrected chi connectivity index (χ2v) is 5.82.